The Morgan fingerprint density at radius 1 is 1.00 bits per heavy atom. The molecule has 0 bridgehead atoms. The lowest BCUT2D eigenvalue weighted by atomic mass is 9.99. The largest absolute Gasteiger partial charge is 0.398 e. The highest BCUT2D eigenvalue weighted by Gasteiger charge is 2.25. The number of rotatable bonds is 0. The lowest BCUT2D eigenvalue weighted by molar-refractivity contribution is 0.109. The Labute approximate surface area is 108 Å². The van der Waals surface area contributed by atoms with Crippen LogP contribution in [0.2, 0.25) is 0 Å². The standard InChI is InChI=1S/C15H9NOS/c16-12-6-5-10-13-11(12)7-8-3-1-2-4-9(8)14(13)18-15(10)17/h1-7H,16H2. The summed E-state index contributed by atoms with van der Waals surface area (Å²) >= 11 is 1.31. The average molecular weight is 251 g/mol. The number of fused-ring (bicyclic) bond motifs is 2. The van der Waals surface area contributed by atoms with Gasteiger partial charge < -0.3 is 5.73 Å². The van der Waals surface area contributed by atoms with Crippen LogP contribution in [0.5, 0.6) is 0 Å². The zero-order valence-electron chi connectivity index (χ0n) is 9.44. The van der Waals surface area contributed by atoms with Gasteiger partial charge in [-0.3, -0.25) is 4.79 Å². The number of carbonyl (C=O) groups excluding carboxylic acids is 1. The SMILES string of the molecule is Nc1ccc2c3c(c4ccccc4cc13)SC2=O. The van der Waals surface area contributed by atoms with Crippen LogP contribution in [0.4, 0.5) is 5.69 Å². The summed E-state index contributed by atoms with van der Waals surface area (Å²) in [6.45, 7) is 0. The molecular formula is C15H9NOS. The zero-order chi connectivity index (χ0) is 12.3. The van der Waals surface area contributed by atoms with Crippen molar-refractivity contribution in [1.82, 2.24) is 0 Å². The van der Waals surface area contributed by atoms with Gasteiger partial charge in [0.1, 0.15) is 0 Å². The van der Waals surface area contributed by atoms with E-state index in [1.807, 2.05) is 24.3 Å². The van der Waals surface area contributed by atoms with E-state index in [0.29, 0.717) is 0 Å². The third-order valence-corrected chi connectivity index (χ3v) is 4.46. The van der Waals surface area contributed by atoms with Crippen molar-refractivity contribution in [3.63, 3.8) is 0 Å². The van der Waals surface area contributed by atoms with Crippen molar-refractivity contribution in [2.24, 2.45) is 0 Å². The van der Waals surface area contributed by atoms with Gasteiger partial charge in [-0.2, -0.15) is 0 Å². The fraction of sp³-hybridized carbons (Fsp3) is 0. The minimum Gasteiger partial charge on any atom is -0.398 e. The molecule has 0 aromatic heterocycles. The van der Waals surface area contributed by atoms with E-state index in [2.05, 4.69) is 18.2 Å². The summed E-state index contributed by atoms with van der Waals surface area (Å²) < 4.78 is 0. The van der Waals surface area contributed by atoms with Crippen molar-refractivity contribution in [2.75, 3.05) is 5.73 Å². The zero-order valence-corrected chi connectivity index (χ0v) is 10.3. The lowest BCUT2D eigenvalue weighted by Crippen LogP contribution is -1.91. The highest BCUT2D eigenvalue weighted by Crippen LogP contribution is 2.46. The Balaban J connectivity index is 2.35. The van der Waals surface area contributed by atoms with E-state index in [0.717, 1.165) is 37.7 Å². The topological polar surface area (TPSA) is 43.1 Å². The lowest BCUT2D eigenvalue weighted by Gasteiger charge is -2.07. The number of nitrogen functional groups attached to an aromatic ring is 1. The van der Waals surface area contributed by atoms with Crippen molar-refractivity contribution in [3.05, 3.63) is 48.0 Å². The van der Waals surface area contributed by atoms with Gasteiger partial charge in [0.05, 0.1) is 0 Å². The normalized spacial score (nSPS) is 13.7. The summed E-state index contributed by atoms with van der Waals surface area (Å²) in [7, 11) is 0. The van der Waals surface area contributed by atoms with E-state index in [9.17, 15) is 4.79 Å². The molecule has 0 aliphatic carbocycles. The van der Waals surface area contributed by atoms with Gasteiger partial charge >= 0.3 is 0 Å². The Bertz CT molecular complexity index is 839. The Morgan fingerprint density at radius 3 is 2.72 bits per heavy atom. The Morgan fingerprint density at radius 2 is 1.83 bits per heavy atom. The molecule has 86 valence electrons. The molecule has 0 unspecified atom stereocenters. The van der Waals surface area contributed by atoms with E-state index in [-0.39, 0.29) is 5.12 Å². The van der Waals surface area contributed by atoms with E-state index >= 15 is 0 Å². The van der Waals surface area contributed by atoms with Crippen LogP contribution < -0.4 is 5.73 Å². The second-order valence-corrected chi connectivity index (χ2v) is 5.42. The van der Waals surface area contributed by atoms with E-state index < -0.39 is 0 Å². The monoisotopic (exact) mass is 251 g/mol. The average Bonchev–Trinajstić information content (AvgIpc) is 2.72. The van der Waals surface area contributed by atoms with Crippen molar-refractivity contribution in [3.8, 4) is 0 Å². The number of thioether (sulfide) groups is 1. The van der Waals surface area contributed by atoms with Crippen LogP contribution in [0.1, 0.15) is 10.4 Å². The molecule has 0 radical (unpaired) electrons. The van der Waals surface area contributed by atoms with Crippen LogP contribution >= 0.6 is 11.8 Å². The first-order valence-corrected chi connectivity index (χ1v) is 6.53. The number of anilines is 1. The maximum atomic E-state index is 12.0. The van der Waals surface area contributed by atoms with Gasteiger partial charge in [0.15, 0.2) is 0 Å². The molecule has 0 spiro atoms. The summed E-state index contributed by atoms with van der Waals surface area (Å²) in [6.07, 6.45) is 0. The third-order valence-electron chi connectivity index (χ3n) is 3.43. The van der Waals surface area contributed by atoms with Crippen LogP contribution in [0.15, 0.2) is 47.4 Å². The second kappa shape index (κ2) is 3.27. The molecule has 0 amide bonds. The maximum Gasteiger partial charge on any atom is 0.224 e. The first-order valence-electron chi connectivity index (χ1n) is 5.72. The number of nitrogens with two attached hydrogens (primary N) is 1. The number of carbonyl (C=O) groups is 1. The number of benzene rings is 3. The number of hydrogen-bond donors (Lipinski definition) is 1. The fourth-order valence-corrected chi connectivity index (χ4v) is 3.66. The molecule has 1 aliphatic heterocycles. The van der Waals surface area contributed by atoms with Gasteiger partial charge in [-0.1, -0.05) is 24.3 Å². The summed E-state index contributed by atoms with van der Waals surface area (Å²) in [6, 6.07) is 13.8. The Hall–Kier alpha value is -2.00. The third kappa shape index (κ3) is 1.12. The summed E-state index contributed by atoms with van der Waals surface area (Å²) in [5, 5.41) is 4.38. The minimum absolute atomic E-state index is 0.117. The van der Waals surface area contributed by atoms with Gasteiger partial charge in [0.2, 0.25) is 5.12 Å². The molecular weight excluding hydrogens is 242 g/mol. The molecule has 3 heteroatoms. The molecule has 3 aromatic rings. The van der Waals surface area contributed by atoms with Gasteiger partial charge in [-0.05, 0) is 40.7 Å². The molecule has 0 saturated carbocycles. The van der Waals surface area contributed by atoms with Crippen LogP contribution in [0, 0.1) is 0 Å². The van der Waals surface area contributed by atoms with Crippen LogP contribution in [0.3, 0.4) is 0 Å². The minimum atomic E-state index is 0.117. The first-order chi connectivity index (χ1) is 8.75. The predicted molar refractivity (Wildman–Crippen MR) is 76.1 cm³/mol. The van der Waals surface area contributed by atoms with E-state index in [1.54, 1.807) is 0 Å². The Kier molecular flexibility index (Phi) is 1.81. The van der Waals surface area contributed by atoms with Gasteiger partial charge in [0.25, 0.3) is 0 Å². The van der Waals surface area contributed by atoms with Gasteiger partial charge in [-0.25, -0.2) is 0 Å². The predicted octanol–water partition coefficient (Wildman–Crippen LogP) is 3.82. The molecule has 0 atom stereocenters. The summed E-state index contributed by atoms with van der Waals surface area (Å²) in [5.41, 5.74) is 7.55. The maximum absolute atomic E-state index is 12.0. The van der Waals surface area contributed by atoms with E-state index in [4.69, 9.17) is 5.73 Å². The molecule has 0 fully saturated rings. The highest BCUT2D eigenvalue weighted by molar-refractivity contribution is 8.15. The van der Waals surface area contributed by atoms with Crippen LogP contribution in [-0.4, -0.2) is 5.12 Å². The molecule has 18 heavy (non-hydrogen) atoms. The molecule has 2 N–H and O–H groups in total. The highest BCUT2D eigenvalue weighted by atomic mass is 32.2. The van der Waals surface area contributed by atoms with Gasteiger partial charge in [0, 0.05) is 26.9 Å². The van der Waals surface area contributed by atoms with Crippen molar-refractivity contribution < 1.29 is 4.79 Å². The first kappa shape index (κ1) is 9.97. The summed E-state index contributed by atoms with van der Waals surface area (Å²) in [5.74, 6) is 0. The number of hydrogen-bond acceptors (Lipinski definition) is 3. The molecule has 0 saturated heterocycles. The van der Waals surface area contributed by atoms with Crippen molar-refractivity contribution in [1.29, 1.82) is 0 Å². The fourth-order valence-electron chi connectivity index (χ4n) is 2.58. The second-order valence-electron chi connectivity index (χ2n) is 4.44. The van der Waals surface area contributed by atoms with Gasteiger partial charge in [-0.15, -0.1) is 0 Å². The molecule has 1 heterocycles. The van der Waals surface area contributed by atoms with E-state index in [1.165, 1.54) is 11.8 Å². The smallest absolute Gasteiger partial charge is 0.224 e. The summed E-state index contributed by atoms with van der Waals surface area (Å²) in [4.78, 5) is 13.1. The quantitative estimate of drug-likeness (QED) is 0.488. The molecule has 1 aliphatic rings. The van der Waals surface area contributed by atoms with Crippen molar-refractivity contribution >= 4 is 44.1 Å². The van der Waals surface area contributed by atoms with Crippen LogP contribution in [0.25, 0.3) is 21.5 Å². The van der Waals surface area contributed by atoms with Crippen LogP contribution in [-0.2, 0) is 0 Å². The molecule has 2 nitrogen and oxygen atoms in total. The molecule has 4 rings (SSSR count). The van der Waals surface area contributed by atoms with Crippen molar-refractivity contribution in [2.45, 2.75) is 4.90 Å². The molecule has 3 aromatic carbocycles.